The third kappa shape index (κ3) is 3.45. The molecule has 0 radical (unpaired) electrons. The largest absolute Gasteiger partial charge is 0.294 e. The molecule has 1 unspecified atom stereocenters. The number of fused-ring (bicyclic) bond motifs is 1. The Kier molecular flexibility index (Phi) is 5.07. The van der Waals surface area contributed by atoms with Crippen LogP contribution in [0.5, 0.6) is 0 Å². The summed E-state index contributed by atoms with van der Waals surface area (Å²) < 4.78 is 1.84. The summed E-state index contributed by atoms with van der Waals surface area (Å²) in [6.07, 6.45) is 0.933. The van der Waals surface area contributed by atoms with Gasteiger partial charge in [0, 0.05) is 12.8 Å². The van der Waals surface area contributed by atoms with Crippen LogP contribution in [-0.4, -0.2) is 15.6 Å². The van der Waals surface area contributed by atoms with Crippen molar-refractivity contribution in [2.75, 3.05) is 0 Å². The van der Waals surface area contributed by atoms with Crippen LogP contribution in [0, 0.1) is 16.7 Å². The van der Waals surface area contributed by atoms with Gasteiger partial charge in [0.25, 0.3) is 0 Å². The van der Waals surface area contributed by atoms with Gasteiger partial charge in [-0.15, -0.1) is 0 Å². The van der Waals surface area contributed by atoms with Gasteiger partial charge in [-0.25, -0.2) is 4.68 Å². The number of carbonyl (C=O) groups excluding carboxylic acids is 1. The second kappa shape index (κ2) is 7.57. The first kappa shape index (κ1) is 20.1. The molecule has 0 spiro atoms. The predicted octanol–water partition coefficient (Wildman–Crippen LogP) is 5.81. The van der Waals surface area contributed by atoms with Gasteiger partial charge in [-0.05, 0) is 34.6 Å². The summed E-state index contributed by atoms with van der Waals surface area (Å²) in [4.78, 5) is 13.2. The average Bonchev–Trinajstić information content (AvgIpc) is 3.07. The van der Waals surface area contributed by atoms with Crippen molar-refractivity contribution in [2.45, 2.75) is 52.4 Å². The fourth-order valence-corrected chi connectivity index (χ4v) is 4.37. The Morgan fingerprint density at radius 1 is 1.13 bits per heavy atom. The van der Waals surface area contributed by atoms with Crippen LogP contribution in [0.15, 0.2) is 54.6 Å². The van der Waals surface area contributed by atoms with Gasteiger partial charge in [0.05, 0.1) is 34.6 Å². The minimum atomic E-state index is -0.432. The molecule has 0 fully saturated rings. The Bertz CT molecular complexity index is 1120. The second-order valence-corrected chi connectivity index (χ2v) is 9.18. The first-order valence-electron chi connectivity index (χ1n) is 10.5. The molecule has 30 heavy (non-hydrogen) atoms. The van der Waals surface area contributed by atoms with Gasteiger partial charge in [0.1, 0.15) is 0 Å². The first-order chi connectivity index (χ1) is 14.3. The van der Waals surface area contributed by atoms with E-state index in [1.807, 2.05) is 61.0 Å². The maximum atomic E-state index is 13.2. The molecule has 0 saturated carbocycles. The van der Waals surface area contributed by atoms with E-state index < -0.39 is 11.3 Å². The second-order valence-electron chi connectivity index (χ2n) is 9.18. The van der Waals surface area contributed by atoms with E-state index >= 15 is 0 Å². The Morgan fingerprint density at radius 2 is 1.80 bits per heavy atom. The molecule has 1 aromatic heterocycles. The van der Waals surface area contributed by atoms with E-state index in [0.29, 0.717) is 24.3 Å². The van der Waals surface area contributed by atoms with Crippen LogP contribution >= 0.6 is 0 Å². The number of nitriles is 1. The molecule has 0 bridgehead atoms. The van der Waals surface area contributed by atoms with Gasteiger partial charge in [-0.1, -0.05) is 70.2 Å². The van der Waals surface area contributed by atoms with Crippen molar-refractivity contribution < 1.29 is 4.79 Å². The lowest BCUT2D eigenvalue weighted by molar-refractivity contribution is 0.0898. The van der Waals surface area contributed by atoms with Crippen LogP contribution in [0.1, 0.15) is 78.8 Å². The van der Waals surface area contributed by atoms with Crippen molar-refractivity contribution in [2.24, 2.45) is 5.41 Å². The van der Waals surface area contributed by atoms with Crippen LogP contribution in [0.2, 0.25) is 0 Å². The van der Waals surface area contributed by atoms with E-state index in [-0.39, 0.29) is 5.78 Å². The Labute approximate surface area is 178 Å². The van der Waals surface area contributed by atoms with Gasteiger partial charge < -0.3 is 0 Å². The topological polar surface area (TPSA) is 58.7 Å². The first-order valence-corrected chi connectivity index (χ1v) is 10.5. The SMILES string of the molecule is CC(C)c1ccc(-n2nc(Cc3ccccc3)c3c2C(C#N)C(C)(C)CC3=O)cc1. The zero-order chi connectivity index (χ0) is 21.5. The van der Waals surface area contributed by atoms with E-state index in [9.17, 15) is 10.1 Å². The molecule has 1 atom stereocenters. The molecule has 1 heterocycles. The summed E-state index contributed by atoms with van der Waals surface area (Å²) in [6, 6.07) is 20.8. The van der Waals surface area contributed by atoms with Crippen LogP contribution in [0.25, 0.3) is 5.69 Å². The molecule has 0 aliphatic heterocycles. The Balaban J connectivity index is 1.91. The lowest BCUT2D eigenvalue weighted by Crippen LogP contribution is -2.32. The summed E-state index contributed by atoms with van der Waals surface area (Å²) >= 11 is 0. The van der Waals surface area contributed by atoms with Crippen molar-refractivity contribution in [1.82, 2.24) is 9.78 Å². The molecule has 1 aliphatic rings. The average molecular weight is 398 g/mol. The third-order valence-electron chi connectivity index (χ3n) is 6.09. The van der Waals surface area contributed by atoms with E-state index in [0.717, 1.165) is 22.6 Å². The number of carbonyl (C=O) groups is 1. The number of benzene rings is 2. The number of Topliss-reactive ketones (excluding diaryl/α,β-unsaturated/α-hetero) is 1. The highest BCUT2D eigenvalue weighted by molar-refractivity contribution is 6.00. The predicted molar refractivity (Wildman–Crippen MR) is 118 cm³/mol. The molecule has 1 aliphatic carbocycles. The zero-order valence-electron chi connectivity index (χ0n) is 18.0. The van der Waals surface area contributed by atoms with Crippen molar-refractivity contribution in [1.29, 1.82) is 5.26 Å². The van der Waals surface area contributed by atoms with E-state index in [1.54, 1.807) is 0 Å². The Hall–Kier alpha value is -3.19. The molecule has 4 rings (SSSR count). The van der Waals surface area contributed by atoms with Crippen molar-refractivity contribution >= 4 is 5.78 Å². The number of hydrogen-bond donors (Lipinski definition) is 0. The van der Waals surface area contributed by atoms with Gasteiger partial charge in [0.2, 0.25) is 0 Å². The number of hydrogen-bond acceptors (Lipinski definition) is 3. The molecule has 2 aromatic carbocycles. The summed E-state index contributed by atoms with van der Waals surface area (Å²) in [5, 5.41) is 14.9. The van der Waals surface area contributed by atoms with E-state index in [4.69, 9.17) is 5.10 Å². The molecule has 0 amide bonds. The molecule has 4 nitrogen and oxygen atoms in total. The van der Waals surface area contributed by atoms with Crippen LogP contribution in [0.4, 0.5) is 0 Å². The fraction of sp³-hybridized carbons (Fsp3) is 0.346. The van der Waals surface area contributed by atoms with Gasteiger partial charge in [-0.3, -0.25) is 4.79 Å². The number of rotatable bonds is 4. The highest BCUT2D eigenvalue weighted by atomic mass is 16.1. The quantitative estimate of drug-likeness (QED) is 0.558. The van der Waals surface area contributed by atoms with Crippen LogP contribution in [-0.2, 0) is 6.42 Å². The van der Waals surface area contributed by atoms with Crippen LogP contribution < -0.4 is 0 Å². The summed E-state index contributed by atoms with van der Waals surface area (Å²) in [5.74, 6) is 0.121. The molecule has 152 valence electrons. The van der Waals surface area contributed by atoms with E-state index in [1.165, 1.54) is 5.56 Å². The fourth-order valence-electron chi connectivity index (χ4n) is 4.37. The van der Waals surface area contributed by atoms with Crippen molar-refractivity contribution in [3.63, 3.8) is 0 Å². The molecule has 0 N–H and O–H groups in total. The highest BCUT2D eigenvalue weighted by Crippen LogP contribution is 2.46. The minimum Gasteiger partial charge on any atom is -0.294 e. The maximum absolute atomic E-state index is 13.2. The number of ketones is 1. The van der Waals surface area contributed by atoms with Gasteiger partial charge in [-0.2, -0.15) is 10.4 Å². The standard InChI is InChI=1S/C26H27N3O/c1-17(2)19-10-12-20(13-11-19)29-25-21(16-27)26(3,4)15-23(30)24(25)22(28-29)14-18-8-6-5-7-9-18/h5-13,17,21H,14-15H2,1-4H3. The highest BCUT2D eigenvalue weighted by Gasteiger charge is 2.44. The number of aromatic nitrogens is 2. The molecule has 4 heteroatoms. The number of nitrogens with zero attached hydrogens (tertiary/aromatic N) is 3. The van der Waals surface area contributed by atoms with E-state index in [2.05, 4.69) is 32.0 Å². The van der Waals surface area contributed by atoms with Crippen molar-refractivity contribution in [3.05, 3.63) is 82.7 Å². The third-order valence-corrected chi connectivity index (χ3v) is 6.09. The smallest absolute Gasteiger partial charge is 0.167 e. The van der Waals surface area contributed by atoms with Gasteiger partial charge in [0.15, 0.2) is 5.78 Å². The minimum absolute atomic E-state index is 0.0810. The van der Waals surface area contributed by atoms with Gasteiger partial charge >= 0.3 is 0 Å². The maximum Gasteiger partial charge on any atom is 0.167 e. The zero-order valence-corrected chi connectivity index (χ0v) is 18.0. The monoisotopic (exact) mass is 397 g/mol. The normalized spacial score (nSPS) is 17.6. The summed E-state index contributed by atoms with van der Waals surface area (Å²) in [7, 11) is 0. The lowest BCUT2D eigenvalue weighted by Gasteiger charge is -2.34. The Morgan fingerprint density at radius 3 is 2.40 bits per heavy atom. The molecule has 0 saturated heterocycles. The summed E-state index contributed by atoms with van der Waals surface area (Å²) in [6.45, 7) is 8.32. The lowest BCUT2D eigenvalue weighted by atomic mass is 9.68. The molecular formula is C26H27N3O. The molecule has 3 aromatic rings. The van der Waals surface area contributed by atoms with Crippen molar-refractivity contribution in [3.8, 4) is 11.8 Å². The molecular weight excluding hydrogens is 370 g/mol. The summed E-state index contributed by atoms with van der Waals surface area (Å²) in [5.41, 5.74) is 4.94. The van der Waals surface area contributed by atoms with Crippen LogP contribution in [0.3, 0.4) is 0 Å².